The Morgan fingerprint density at radius 1 is 1.20 bits per heavy atom. The zero-order valence-corrected chi connectivity index (χ0v) is 17.4. The van der Waals surface area contributed by atoms with Gasteiger partial charge in [0.1, 0.15) is 21.9 Å². The van der Waals surface area contributed by atoms with Crippen molar-refractivity contribution in [2.75, 3.05) is 11.1 Å². The fraction of sp³-hybridized carbons (Fsp3) is 0.368. The molecule has 8 nitrogen and oxygen atoms in total. The summed E-state index contributed by atoms with van der Waals surface area (Å²) in [6, 6.07) is 3.56. The molecule has 2 heterocycles. The van der Waals surface area contributed by atoms with Gasteiger partial charge < -0.3 is 11.1 Å². The molecule has 11 heteroatoms. The SMILES string of the molecule is CC1(C)C(N)=N[C@](C)(c2cc(NC(=O)Cc3ncccn3)cc(F)c2F)CS1(=O)=O. The van der Waals surface area contributed by atoms with E-state index in [1.807, 2.05) is 0 Å². The number of nitrogens with zero attached hydrogens (tertiary/aromatic N) is 3. The molecule has 0 bridgehead atoms. The maximum absolute atomic E-state index is 14.7. The van der Waals surface area contributed by atoms with Gasteiger partial charge >= 0.3 is 0 Å². The van der Waals surface area contributed by atoms with Gasteiger partial charge in [-0.25, -0.2) is 27.2 Å². The second-order valence-electron chi connectivity index (χ2n) is 7.75. The number of benzene rings is 1. The molecule has 1 aromatic heterocycles. The standard InChI is InChI=1S/C19H21F2N5O3S/c1-18(2)17(22)26-19(3,10-30(18,28)29)12-7-11(8-13(20)16(12)21)25-15(27)9-14-23-5-4-6-24-14/h4-8H,9-10H2,1-3H3,(H2,22,26)(H,25,27)/t19-/m0/s1. The molecule has 2 aromatic rings. The lowest BCUT2D eigenvalue weighted by atomic mass is 9.92. The van der Waals surface area contributed by atoms with Crippen LogP contribution < -0.4 is 11.1 Å². The highest BCUT2D eigenvalue weighted by atomic mass is 32.2. The highest BCUT2D eigenvalue weighted by molar-refractivity contribution is 7.93. The van der Waals surface area contributed by atoms with Crippen molar-refractivity contribution in [3.8, 4) is 0 Å². The van der Waals surface area contributed by atoms with Gasteiger partial charge in [0, 0.05) is 29.7 Å². The molecule has 0 aliphatic carbocycles. The molecule has 0 radical (unpaired) electrons. The van der Waals surface area contributed by atoms with E-state index in [2.05, 4.69) is 20.3 Å². The summed E-state index contributed by atoms with van der Waals surface area (Å²) in [5, 5.41) is 2.45. The minimum absolute atomic E-state index is 0.0536. The van der Waals surface area contributed by atoms with Crippen molar-refractivity contribution in [3.05, 3.63) is 53.6 Å². The Balaban J connectivity index is 1.98. The number of aromatic nitrogens is 2. The third kappa shape index (κ3) is 3.89. The van der Waals surface area contributed by atoms with Gasteiger partial charge in [0.25, 0.3) is 0 Å². The number of aliphatic imine (C=N–C) groups is 1. The molecular weight excluding hydrogens is 416 g/mol. The summed E-state index contributed by atoms with van der Waals surface area (Å²) < 4.78 is 52.9. The Hall–Kier alpha value is -2.95. The summed E-state index contributed by atoms with van der Waals surface area (Å²) in [5.41, 5.74) is 3.83. The number of amides is 1. The van der Waals surface area contributed by atoms with Gasteiger partial charge in [-0.05, 0) is 32.9 Å². The number of hydrogen-bond acceptors (Lipinski definition) is 7. The predicted molar refractivity (Wildman–Crippen MR) is 108 cm³/mol. The van der Waals surface area contributed by atoms with E-state index in [1.165, 1.54) is 33.2 Å². The number of carbonyl (C=O) groups is 1. The molecule has 1 aliphatic heterocycles. The van der Waals surface area contributed by atoms with Crippen LogP contribution in [0.4, 0.5) is 14.5 Å². The number of nitrogens with two attached hydrogens (primary N) is 1. The van der Waals surface area contributed by atoms with Gasteiger partial charge in [0.15, 0.2) is 21.5 Å². The molecular formula is C19H21F2N5O3S. The molecule has 160 valence electrons. The highest BCUT2D eigenvalue weighted by Gasteiger charge is 2.49. The lowest BCUT2D eigenvalue weighted by Crippen LogP contribution is -2.55. The third-order valence-corrected chi connectivity index (χ3v) is 7.77. The molecule has 0 saturated heterocycles. The zero-order chi connectivity index (χ0) is 22.3. The van der Waals surface area contributed by atoms with E-state index in [1.54, 1.807) is 6.07 Å². The molecule has 0 fully saturated rings. The summed E-state index contributed by atoms with van der Waals surface area (Å²) in [7, 11) is -3.82. The van der Waals surface area contributed by atoms with Crippen LogP contribution in [0, 0.1) is 11.6 Å². The van der Waals surface area contributed by atoms with E-state index >= 15 is 0 Å². The fourth-order valence-corrected chi connectivity index (χ4v) is 4.79. The first kappa shape index (κ1) is 21.8. The van der Waals surface area contributed by atoms with Gasteiger partial charge in [-0.2, -0.15) is 0 Å². The van der Waals surface area contributed by atoms with Crippen LogP contribution in [0.5, 0.6) is 0 Å². The van der Waals surface area contributed by atoms with Gasteiger partial charge in [-0.1, -0.05) is 0 Å². The Morgan fingerprint density at radius 2 is 1.83 bits per heavy atom. The second-order valence-corrected chi connectivity index (χ2v) is 10.3. The molecule has 30 heavy (non-hydrogen) atoms. The van der Waals surface area contributed by atoms with Crippen molar-refractivity contribution >= 4 is 27.3 Å². The normalized spacial score (nSPS) is 22.2. The van der Waals surface area contributed by atoms with Crippen LogP contribution >= 0.6 is 0 Å². The molecule has 1 aromatic carbocycles. The van der Waals surface area contributed by atoms with E-state index in [9.17, 15) is 22.0 Å². The smallest absolute Gasteiger partial charge is 0.232 e. The number of hydrogen-bond donors (Lipinski definition) is 2. The van der Waals surface area contributed by atoms with Crippen LogP contribution in [0.3, 0.4) is 0 Å². The molecule has 0 saturated carbocycles. The Morgan fingerprint density at radius 3 is 2.43 bits per heavy atom. The summed E-state index contributed by atoms with van der Waals surface area (Å²) in [5.74, 6) is -3.58. The summed E-state index contributed by atoms with van der Waals surface area (Å²) in [6.07, 6.45) is 2.76. The van der Waals surface area contributed by atoms with Gasteiger partial charge in [0.05, 0.1) is 12.2 Å². The molecule has 1 amide bonds. The lowest BCUT2D eigenvalue weighted by Gasteiger charge is -2.38. The molecule has 1 aliphatic rings. The Labute approximate surface area is 172 Å². The van der Waals surface area contributed by atoms with E-state index in [4.69, 9.17) is 5.73 Å². The van der Waals surface area contributed by atoms with E-state index < -0.39 is 43.4 Å². The molecule has 3 N–H and O–H groups in total. The summed E-state index contributed by atoms with van der Waals surface area (Å²) in [4.78, 5) is 24.3. The molecule has 3 rings (SSSR count). The molecule has 1 atom stereocenters. The highest BCUT2D eigenvalue weighted by Crippen LogP contribution is 2.39. The number of carbonyl (C=O) groups excluding carboxylic acids is 1. The van der Waals surface area contributed by atoms with Crippen molar-refractivity contribution < 1.29 is 22.0 Å². The van der Waals surface area contributed by atoms with Crippen molar-refractivity contribution in [1.82, 2.24) is 9.97 Å². The predicted octanol–water partition coefficient (Wildman–Crippen LogP) is 1.72. The number of rotatable bonds is 4. The number of sulfone groups is 1. The van der Waals surface area contributed by atoms with Crippen LogP contribution in [0.15, 0.2) is 35.6 Å². The average molecular weight is 437 g/mol. The van der Waals surface area contributed by atoms with Crippen molar-refractivity contribution in [2.45, 2.75) is 37.5 Å². The van der Waals surface area contributed by atoms with E-state index in [-0.39, 0.29) is 29.3 Å². The Bertz CT molecular complexity index is 1140. The van der Waals surface area contributed by atoms with Gasteiger partial charge in [-0.15, -0.1) is 0 Å². The average Bonchev–Trinajstić information content (AvgIpc) is 2.63. The largest absolute Gasteiger partial charge is 0.386 e. The second kappa shape index (κ2) is 7.38. The number of amidine groups is 1. The quantitative estimate of drug-likeness (QED) is 0.750. The lowest BCUT2D eigenvalue weighted by molar-refractivity contribution is -0.115. The first-order chi connectivity index (χ1) is 13.9. The van der Waals surface area contributed by atoms with Gasteiger partial charge in [0.2, 0.25) is 5.91 Å². The van der Waals surface area contributed by atoms with E-state index in [0.29, 0.717) is 0 Å². The molecule has 0 spiro atoms. The molecule has 0 unspecified atom stereocenters. The van der Waals surface area contributed by atoms with Crippen molar-refractivity contribution in [3.63, 3.8) is 0 Å². The maximum atomic E-state index is 14.7. The first-order valence-electron chi connectivity index (χ1n) is 8.99. The monoisotopic (exact) mass is 437 g/mol. The number of halogens is 2. The minimum atomic E-state index is -3.82. The van der Waals surface area contributed by atoms with Crippen LogP contribution in [-0.4, -0.2) is 40.6 Å². The number of anilines is 1. The van der Waals surface area contributed by atoms with Crippen LogP contribution in [-0.2, 0) is 26.6 Å². The van der Waals surface area contributed by atoms with Crippen molar-refractivity contribution in [2.24, 2.45) is 10.7 Å². The Kier molecular flexibility index (Phi) is 5.35. The van der Waals surface area contributed by atoms with Crippen LogP contribution in [0.2, 0.25) is 0 Å². The maximum Gasteiger partial charge on any atom is 0.232 e. The summed E-state index contributed by atoms with van der Waals surface area (Å²) in [6.45, 7) is 4.16. The van der Waals surface area contributed by atoms with Gasteiger partial charge in [-0.3, -0.25) is 9.79 Å². The fourth-order valence-electron chi connectivity index (χ4n) is 3.10. The number of nitrogens with one attached hydrogen (secondary N) is 1. The minimum Gasteiger partial charge on any atom is -0.386 e. The van der Waals surface area contributed by atoms with Crippen molar-refractivity contribution in [1.29, 1.82) is 0 Å². The van der Waals surface area contributed by atoms with Crippen LogP contribution in [0.1, 0.15) is 32.2 Å². The zero-order valence-electron chi connectivity index (χ0n) is 16.6. The van der Waals surface area contributed by atoms with E-state index in [0.717, 1.165) is 12.1 Å². The third-order valence-electron chi connectivity index (χ3n) is 5.06. The topological polar surface area (TPSA) is 127 Å². The first-order valence-corrected chi connectivity index (χ1v) is 10.6. The summed E-state index contributed by atoms with van der Waals surface area (Å²) >= 11 is 0. The van der Waals surface area contributed by atoms with Crippen LogP contribution in [0.25, 0.3) is 0 Å².